The highest BCUT2D eigenvalue weighted by Gasteiger charge is 2.36. The molecule has 2 aromatic heterocycles. The summed E-state index contributed by atoms with van der Waals surface area (Å²) in [4.78, 5) is 10.5. The topological polar surface area (TPSA) is 38.9 Å². The summed E-state index contributed by atoms with van der Waals surface area (Å²) in [6.07, 6.45) is 6.13. The lowest BCUT2D eigenvalue weighted by molar-refractivity contribution is 0.660. The van der Waals surface area contributed by atoms with Crippen molar-refractivity contribution in [3.8, 4) is 55.9 Å². The molecule has 0 unspecified atom stereocenters. The van der Waals surface area contributed by atoms with Gasteiger partial charge in [0, 0.05) is 32.9 Å². The van der Waals surface area contributed by atoms with Crippen LogP contribution in [-0.2, 0) is 5.41 Å². The maximum atomic E-state index is 8.54. The molecule has 0 fully saturated rings. The molecule has 9 rings (SSSR count). The Morgan fingerprint density at radius 3 is 2.17 bits per heavy atom. The van der Waals surface area contributed by atoms with Crippen molar-refractivity contribution in [3.63, 3.8) is 0 Å². The lowest BCUT2D eigenvalue weighted by atomic mass is 9.82. The molecule has 1 aliphatic rings. The Bertz CT molecular complexity index is 2790. The molecule has 52 heavy (non-hydrogen) atoms. The second-order valence-corrected chi connectivity index (χ2v) is 14.1. The first-order valence-electron chi connectivity index (χ1n) is 18.4. The molecule has 8 aromatic rings. The molecule has 1 aliphatic carbocycles. The van der Waals surface area contributed by atoms with E-state index in [9.17, 15) is 0 Å². The van der Waals surface area contributed by atoms with Gasteiger partial charge in [0.15, 0.2) is 5.82 Å². The Kier molecular flexibility index (Phi) is 7.31. The summed E-state index contributed by atoms with van der Waals surface area (Å²) >= 11 is 0. The maximum absolute atomic E-state index is 8.54. The molecular weight excluding hydrogens is 633 g/mol. The first kappa shape index (κ1) is 30.5. The Hall–Kier alpha value is -6.32. The molecule has 6 aromatic carbocycles. The molecule has 0 aliphatic heterocycles. The van der Waals surface area contributed by atoms with Crippen LogP contribution in [0, 0.1) is 0 Å². The molecule has 0 saturated carbocycles. The number of allylic oxidation sites excluding steroid dienone is 4. The number of rotatable bonds is 6. The summed E-state index contributed by atoms with van der Waals surface area (Å²) in [6, 6.07) is 47.0. The summed E-state index contributed by atoms with van der Waals surface area (Å²) in [7, 11) is 0. The highest BCUT2D eigenvalue weighted by atomic mass is 16.3. The molecule has 0 amide bonds. The zero-order valence-electron chi connectivity index (χ0n) is 30.7. The van der Waals surface area contributed by atoms with Gasteiger partial charge in [0.2, 0.25) is 0 Å². The van der Waals surface area contributed by atoms with Crippen LogP contribution in [-0.4, -0.2) is 9.97 Å². The van der Waals surface area contributed by atoms with Crippen molar-refractivity contribution in [2.45, 2.75) is 33.1 Å². The van der Waals surface area contributed by atoms with Crippen molar-refractivity contribution in [2.75, 3.05) is 0 Å². The summed E-state index contributed by atoms with van der Waals surface area (Å²) in [5.41, 5.74) is 15.3. The van der Waals surface area contributed by atoms with Gasteiger partial charge in [-0.25, -0.2) is 9.97 Å². The zero-order chi connectivity index (χ0) is 36.3. The third-order valence-corrected chi connectivity index (χ3v) is 10.5. The van der Waals surface area contributed by atoms with Gasteiger partial charge in [-0.05, 0) is 88.7 Å². The van der Waals surface area contributed by atoms with E-state index in [1.165, 1.54) is 22.3 Å². The average molecular weight is 672 g/mol. The van der Waals surface area contributed by atoms with E-state index < -0.39 is 0 Å². The molecule has 250 valence electrons. The fourth-order valence-corrected chi connectivity index (χ4v) is 7.83. The minimum Gasteiger partial charge on any atom is -0.455 e. The van der Waals surface area contributed by atoms with Crippen molar-refractivity contribution in [3.05, 3.63) is 175 Å². The van der Waals surface area contributed by atoms with Gasteiger partial charge < -0.3 is 4.42 Å². The maximum Gasteiger partial charge on any atom is 0.156 e. The largest absolute Gasteiger partial charge is 0.455 e. The quantitative estimate of drug-likeness (QED) is 0.165. The van der Waals surface area contributed by atoms with Gasteiger partial charge in [-0.1, -0.05) is 141 Å². The van der Waals surface area contributed by atoms with Crippen molar-refractivity contribution < 1.29 is 5.79 Å². The van der Waals surface area contributed by atoms with Gasteiger partial charge in [-0.15, -0.1) is 0 Å². The van der Waals surface area contributed by atoms with Crippen molar-refractivity contribution in [1.29, 1.82) is 0 Å². The van der Waals surface area contributed by atoms with E-state index >= 15 is 0 Å². The number of fused-ring (bicyclic) bond motifs is 6. The van der Waals surface area contributed by atoms with Crippen molar-refractivity contribution >= 4 is 27.5 Å². The van der Waals surface area contributed by atoms with E-state index in [1.54, 1.807) is 6.07 Å². The van der Waals surface area contributed by atoms with E-state index in [4.69, 9.17) is 15.8 Å². The van der Waals surface area contributed by atoms with Crippen LogP contribution in [0.1, 0.15) is 46.0 Å². The number of hydrogen-bond acceptors (Lipinski definition) is 3. The first-order chi connectivity index (χ1) is 25.8. The van der Waals surface area contributed by atoms with Crippen LogP contribution in [0.2, 0.25) is 0 Å². The predicted molar refractivity (Wildman–Crippen MR) is 217 cm³/mol. The fourth-order valence-electron chi connectivity index (χ4n) is 7.83. The molecule has 2 heterocycles. The Labute approximate surface area is 306 Å². The average Bonchev–Trinajstić information content (AvgIpc) is 3.70. The third-order valence-electron chi connectivity index (χ3n) is 10.5. The third kappa shape index (κ3) is 5.20. The van der Waals surface area contributed by atoms with Crippen molar-refractivity contribution in [1.82, 2.24) is 9.97 Å². The minimum atomic E-state index is -0.125. The molecule has 0 bridgehead atoms. The summed E-state index contributed by atoms with van der Waals surface area (Å²) in [6.45, 7) is 8.72. The Morgan fingerprint density at radius 1 is 0.635 bits per heavy atom. The highest BCUT2D eigenvalue weighted by molar-refractivity contribution is 6.10. The fraction of sp³-hybridized carbons (Fsp3) is 0.102. The summed E-state index contributed by atoms with van der Waals surface area (Å²) in [5.74, 6) is 0.688. The van der Waals surface area contributed by atoms with Crippen LogP contribution in [0.4, 0.5) is 0 Å². The van der Waals surface area contributed by atoms with Gasteiger partial charge in [-0.2, -0.15) is 0 Å². The van der Waals surface area contributed by atoms with Gasteiger partial charge in [-0.3, -0.25) is 0 Å². The molecular formula is C49H38N2O. The number of benzene rings is 6. The van der Waals surface area contributed by atoms with Crippen LogP contribution in [0.15, 0.2) is 162 Å². The minimum absolute atomic E-state index is 0.125. The number of hydrogen-bond donors (Lipinski definition) is 0. The second-order valence-electron chi connectivity index (χ2n) is 14.1. The lowest BCUT2D eigenvalue weighted by Gasteiger charge is -2.21. The van der Waals surface area contributed by atoms with Crippen LogP contribution in [0.3, 0.4) is 0 Å². The summed E-state index contributed by atoms with van der Waals surface area (Å²) in [5, 5.41) is 1.94. The standard InChI is InChI=1S/C49H38N2O/c1-5-6-16-31(2)48-50-43(30-44(51-48)40-23-15-25-42-46(40)39-20-10-12-24-41(39)49(42,3)4)35-28-33(32-17-8-7-9-18-32)27-34(29-35)36-21-14-22-38-37-19-11-13-26-45(37)52-47(36)38/h5-30H,1-4H3/b6-5-,31-16+/i26D. The van der Waals surface area contributed by atoms with E-state index in [-0.39, 0.29) is 5.41 Å². The first-order valence-corrected chi connectivity index (χ1v) is 17.9. The van der Waals surface area contributed by atoms with Crippen LogP contribution in [0.25, 0.3) is 83.4 Å². The van der Waals surface area contributed by atoms with E-state index in [2.05, 4.69) is 136 Å². The molecule has 0 radical (unpaired) electrons. The van der Waals surface area contributed by atoms with E-state index in [0.29, 0.717) is 17.4 Å². The second kappa shape index (κ2) is 12.5. The van der Waals surface area contributed by atoms with E-state index in [1.807, 2.05) is 37.3 Å². The van der Waals surface area contributed by atoms with Crippen molar-refractivity contribution in [2.24, 2.45) is 0 Å². The molecule has 0 N–H and O–H groups in total. The molecule has 3 nitrogen and oxygen atoms in total. The molecule has 0 spiro atoms. The highest BCUT2D eigenvalue weighted by Crippen LogP contribution is 2.52. The summed E-state index contributed by atoms with van der Waals surface area (Å²) < 4.78 is 15.0. The number of furan rings is 1. The van der Waals surface area contributed by atoms with E-state index in [0.717, 1.165) is 66.7 Å². The molecule has 0 saturated heterocycles. The normalized spacial score (nSPS) is 13.8. The number of nitrogens with zero attached hydrogens (tertiary/aromatic N) is 2. The zero-order valence-corrected chi connectivity index (χ0v) is 29.7. The van der Waals surface area contributed by atoms with Crippen LogP contribution < -0.4 is 0 Å². The number of aromatic nitrogens is 2. The van der Waals surface area contributed by atoms with Gasteiger partial charge in [0.25, 0.3) is 0 Å². The Balaban J connectivity index is 1.31. The predicted octanol–water partition coefficient (Wildman–Crippen LogP) is 13.3. The Morgan fingerprint density at radius 2 is 1.31 bits per heavy atom. The van der Waals surface area contributed by atoms with Crippen LogP contribution >= 0.6 is 0 Å². The lowest BCUT2D eigenvalue weighted by Crippen LogP contribution is -2.14. The molecule has 3 heteroatoms. The number of para-hydroxylation sites is 2. The van der Waals surface area contributed by atoms with Crippen LogP contribution in [0.5, 0.6) is 0 Å². The molecule has 0 atom stereocenters. The monoisotopic (exact) mass is 671 g/mol. The van der Waals surface area contributed by atoms with Gasteiger partial charge in [0.05, 0.1) is 12.8 Å². The van der Waals surface area contributed by atoms with Gasteiger partial charge in [0.1, 0.15) is 11.2 Å². The SMILES string of the molecule is [2H]c1cccc2c1oc1c(-c3cc(-c4ccccc4)cc(-c4cc(-c5cccc6c5-c5ccccc5C6(C)C)nc(/C(C)=C/C=C\C)n4)c3)cccc12. The van der Waals surface area contributed by atoms with Gasteiger partial charge >= 0.3 is 0 Å². The smallest absolute Gasteiger partial charge is 0.156 e.